The molecule has 1 aromatic carbocycles. The summed E-state index contributed by atoms with van der Waals surface area (Å²) >= 11 is 0. The molecular formula is C19H28FN3O2. The molecule has 0 unspecified atom stereocenters. The summed E-state index contributed by atoms with van der Waals surface area (Å²) in [5, 5.41) is 6.05. The average Bonchev–Trinajstić information content (AvgIpc) is 3.02. The fourth-order valence-corrected chi connectivity index (χ4v) is 4.15. The summed E-state index contributed by atoms with van der Waals surface area (Å²) in [7, 11) is 1.98. The molecule has 5 nitrogen and oxygen atoms in total. The van der Waals surface area contributed by atoms with Gasteiger partial charge in [0.05, 0.1) is 6.10 Å². The van der Waals surface area contributed by atoms with E-state index in [1.54, 1.807) is 12.1 Å². The molecule has 25 heavy (non-hydrogen) atoms. The molecule has 0 radical (unpaired) electrons. The standard InChI is InChI=1S/C19H28FN3O2/c1-19(2)16(15-8-11-25-17(15)19)22-18(24)21-9-10-23(3)12-13-4-6-14(20)7-5-13/h4-7,15-17H,8-12H2,1-3H3,(H2,21,22,24)/t15-,16-,17-/m1/s1. The van der Waals surface area contributed by atoms with Gasteiger partial charge >= 0.3 is 6.03 Å². The van der Waals surface area contributed by atoms with Crippen LogP contribution in [0.2, 0.25) is 0 Å². The maximum atomic E-state index is 12.9. The molecule has 2 N–H and O–H groups in total. The molecule has 3 atom stereocenters. The van der Waals surface area contributed by atoms with Gasteiger partial charge in [-0.1, -0.05) is 26.0 Å². The Bertz CT molecular complexity index is 605. The second kappa shape index (κ2) is 7.30. The molecule has 138 valence electrons. The van der Waals surface area contributed by atoms with E-state index in [2.05, 4.69) is 29.4 Å². The number of nitrogens with zero attached hydrogens (tertiary/aromatic N) is 1. The van der Waals surface area contributed by atoms with E-state index < -0.39 is 0 Å². The zero-order valence-corrected chi connectivity index (χ0v) is 15.2. The number of hydrogen-bond donors (Lipinski definition) is 2. The Morgan fingerprint density at radius 1 is 1.36 bits per heavy atom. The highest BCUT2D eigenvalue weighted by molar-refractivity contribution is 5.74. The molecule has 1 aromatic rings. The molecule has 2 aliphatic rings. The number of ether oxygens (including phenoxy) is 1. The van der Waals surface area contributed by atoms with Crippen LogP contribution in [0.5, 0.6) is 0 Å². The van der Waals surface area contributed by atoms with Crippen LogP contribution in [0.4, 0.5) is 9.18 Å². The van der Waals surface area contributed by atoms with Crippen molar-refractivity contribution in [3.05, 3.63) is 35.6 Å². The van der Waals surface area contributed by atoms with E-state index in [-0.39, 0.29) is 29.4 Å². The van der Waals surface area contributed by atoms with Crippen molar-refractivity contribution in [2.24, 2.45) is 11.3 Å². The minimum Gasteiger partial charge on any atom is -0.377 e. The quantitative estimate of drug-likeness (QED) is 0.829. The Kier molecular flexibility index (Phi) is 5.29. The first-order chi connectivity index (χ1) is 11.9. The van der Waals surface area contributed by atoms with Crippen molar-refractivity contribution in [2.45, 2.75) is 39.0 Å². The maximum Gasteiger partial charge on any atom is 0.315 e. The number of rotatable bonds is 6. The molecule has 0 spiro atoms. The molecule has 0 bridgehead atoms. The zero-order chi connectivity index (χ0) is 18.0. The van der Waals surface area contributed by atoms with Crippen LogP contribution in [0.1, 0.15) is 25.8 Å². The monoisotopic (exact) mass is 349 g/mol. The number of halogens is 1. The second-order valence-corrected chi connectivity index (χ2v) is 7.81. The minimum absolute atomic E-state index is 0.00210. The van der Waals surface area contributed by atoms with E-state index in [9.17, 15) is 9.18 Å². The number of fused-ring (bicyclic) bond motifs is 1. The lowest BCUT2D eigenvalue weighted by atomic mass is 9.57. The molecular weight excluding hydrogens is 321 g/mol. The maximum absolute atomic E-state index is 12.9. The smallest absolute Gasteiger partial charge is 0.315 e. The fraction of sp³-hybridized carbons (Fsp3) is 0.632. The number of nitrogens with one attached hydrogen (secondary N) is 2. The Balaban J connectivity index is 1.37. The molecule has 0 aromatic heterocycles. The van der Waals surface area contributed by atoms with Crippen LogP contribution in [0.15, 0.2) is 24.3 Å². The van der Waals surface area contributed by atoms with Crippen molar-refractivity contribution in [3.8, 4) is 0 Å². The number of benzene rings is 1. The lowest BCUT2D eigenvalue weighted by molar-refractivity contribution is -0.108. The van der Waals surface area contributed by atoms with Crippen molar-refractivity contribution in [3.63, 3.8) is 0 Å². The first kappa shape index (κ1) is 18.1. The third-order valence-corrected chi connectivity index (χ3v) is 5.53. The first-order valence-electron chi connectivity index (χ1n) is 8.97. The first-order valence-corrected chi connectivity index (χ1v) is 8.97. The zero-order valence-electron chi connectivity index (χ0n) is 15.2. The Morgan fingerprint density at radius 3 is 2.80 bits per heavy atom. The molecule has 1 saturated heterocycles. The summed E-state index contributed by atoms with van der Waals surface area (Å²) in [5.74, 6) is 0.223. The molecule has 6 heteroatoms. The van der Waals surface area contributed by atoms with Gasteiger partial charge in [0, 0.05) is 43.6 Å². The Hall–Kier alpha value is -1.66. The molecule has 2 fully saturated rings. The van der Waals surface area contributed by atoms with Crippen LogP contribution < -0.4 is 10.6 Å². The van der Waals surface area contributed by atoms with Crippen molar-refractivity contribution >= 4 is 6.03 Å². The predicted octanol–water partition coefficient (Wildman–Crippen LogP) is 2.37. The van der Waals surface area contributed by atoms with Gasteiger partial charge in [-0.2, -0.15) is 0 Å². The highest BCUT2D eigenvalue weighted by Crippen LogP contribution is 2.51. The summed E-state index contributed by atoms with van der Waals surface area (Å²) in [6.45, 7) is 7.13. The fourth-order valence-electron chi connectivity index (χ4n) is 4.15. The van der Waals surface area contributed by atoms with Gasteiger partial charge in [0.1, 0.15) is 5.82 Å². The van der Waals surface area contributed by atoms with Crippen molar-refractivity contribution < 1.29 is 13.9 Å². The minimum atomic E-state index is -0.224. The summed E-state index contributed by atoms with van der Waals surface area (Å²) in [6.07, 6.45) is 1.30. The van der Waals surface area contributed by atoms with Crippen LogP contribution in [-0.2, 0) is 11.3 Å². The summed E-state index contributed by atoms with van der Waals surface area (Å²) < 4.78 is 18.7. The van der Waals surface area contributed by atoms with E-state index in [1.807, 2.05) is 7.05 Å². The second-order valence-electron chi connectivity index (χ2n) is 7.81. The summed E-state index contributed by atoms with van der Waals surface area (Å²) in [6, 6.07) is 6.57. The van der Waals surface area contributed by atoms with Gasteiger partial charge in [0.15, 0.2) is 0 Å². The number of amides is 2. The van der Waals surface area contributed by atoms with Crippen LogP contribution in [0.25, 0.3) is 0 Å². The van der Waals surface area contributed by atoms with Gasteiger partial charge in [0.25, 0.3) is 0 Å². The van der Waals surface area contributed by atoms with E-state index in [4.69, 9.17) is 4.74 Å². The van der Waals surface area contributed by atoms with Crippen molar-refractivity contribution in [2.75, 3.05) is 26.7 Å². The van der Waals surface area contributed by atoms with E-state index in [0.29, 0.717) is 12.5 Å². The van der Waals surface area contributed by atoms with Crippen LogP contribution in [-0.4, -0.2) is 49.8 Å². The number of urea groups is 1. The van der Waals surface area contributed by atoms with Gasteiger partial charge in [-0.05, 0) is 31.2 Å². The highest BCUT2D eigenvalue weighted by atomic mass is 19.1. The van der Waals surface area contributed by atoms with Gasteiger partial charge in [-0.15, -0.1) is 0 Å². The molecule has 3 rings (SSSR count). The van der Waals surface area contributed by atoms with Gasteiger partial charge in [-0.3, -0.25) is 0 Å². The molecule has 1 heterocycles. The SMILES string of the molecule is CN(CCNC(=O)N[C@@H]1[C@H]2CCO[C@H]2C1(C)C)Cc1ccc(F)cc1. The average molecular weight is 349 g/mol. The Labute approximate surface area is 148 Å². The van der Waals surface area contributed by atoms with Crippen LogP contribution in [0, 0.1) is 17.2 Å². The van der Waals surface area contributed by atoms with Gasteiger partial charge in [0.2, 0.25) is 0 Å². The third kappa shape index (κ3) is 3.96. The number of hydrogen-bond acceptors (Lipinski definition) is 3. The van der Waals surface area contributed by atoms with E-state index in [1.165, 1.54) is 12.1 Å². The Morgan fingerprint density at radius 2 is 2.08 bits per heavy atom. The molecule has 1 aliphatic carbocycles. The highest BCUT2D eigenvalue weighted by Gasteiger charge is 2.59. The van der Waals surface area contributed by atoms with Gasteiger partial charge < -0.3 is 20.3 Å². The van der Waals surface area contributed by atoms with Crippen LogP contribution >= 0.6 is 0 Å². The lowest BCUT2D eigenvalue weighted by Gasteiger charge is -2.54. The molecule has 1 saturated carbocycles. The van der Waals surface area contributed by atoms with Crippen molar-refractivity contribution in [1.29, 1.82) is 0 Å². The summed E-state index contributed by atoms with van der Waals surface area (Å²) in [4.78, 5) is 14.3. The molecule has 2 amide bonds. The normalized spacial score (nSPS) is 26.8. The number of carbonyl (C=O) groups excluding carboxylic acids is 1. The topological polar surface area (TPSA) is 53.6 Å². The predicted molar refractivity (Wildman–Crippen MR) is 94.7 cm³/mol. The third-order valence-electron chi connectivity index (χ3n) is 5.53. The summed E-state index contributed by atoms with van der Waals surface area (Å²) in [5.41, 5.74) is 1.05. The largest absolute Gasteiger partial charge is 0.377 e. The van der Waals surface area contributed by atoms with Crippen LogP contribution in [0.3, 0.4) is 0 Å². The van der Waals surface area contributed by atoms with Crippen molar-refractivity contribution in [1.82, 2.24) is 15.5 Å². The van der Waals surface area contributed by atoms with E-state index >= 15 is 0 Å². The lowest BCUT2D eigenvalue weighted by Crippen LogP contribution is -2.67. The van der Waals surface area contributed by atoms with Gasteiger partial charge in [-0.25, -0.2) is 9.18 Å². The number of likely N-dealkylation sites (N-methyl/N-ethyl adjacent to an activating group) is 1. The van der Waals surface area contributed by atoms with E-state index in [0.717, 1.165) is 31.7 Å². The molecule has 1 aliphatic heterocycles. The number of carbonyl (C=O) groups is 1.